The third-order valence-electron chi connectivity index (χ3n) is 0.289. The van der Waals surface area contributed by atoms with Crippen molar-refractivity contribution in [3.63, 3.8) is 0 Å². The Bertz CT molecular complexity index is 12.8. The minimum absolute atomic E-state index is 0. The standard InChI is InChI=1S/C3H9N.Na.H/c1-2-3-4;;/h2-4H2,1H3;;/q;+1;-1. The number of rotatable bonds is 1. The van der Waals surface area contributed by atoms with Gasteiger partial charge < -0.3 is 7.16 Å². The molecule has 0 saturated carbocycles. The Morgan fingerprint density at radius 1 is 1.80 bits per heavy atom. The quantitative estimate of drug-likeness (QED) is 0.348. The Kier molecular flexibility index (Phi) is 16.6. The Labute approximate surface area is 56.7 Å². The molecule has 0 aliphatic heterocycles. The average molecular weight is 83.1 g/mol. The molecule has 0 aliphatic carbocycles. The molecule has 0 saturated heterocycles. The molecule has 0 aromatic heterocycles. The van der Waals surface area contributed by atoms with Crippen LogP contribution < -0.4 is 35.3 Å². The molecule has 2 N–H and O–H groups in total. The van der Waals surface area contributed by atoms with Gasteiger partial charge in [0.2, 0.25) is 0 Å². The number of hydrogen-bond acceptors (Lipinski definition) is 1. The van der Waals surface area contributed by atoms with Crippen molar-refractivity contribution in [1.82, 2.24) is 0 Å². The molecule has 0 bridgehead atoms. The van der Waals surface area contributed by atoms with Crippen molar-refractivity contribution < 1.29 is 31.0 Å². The van der Waals surface area contributed by atoms with Crippen molar-refractivity contribution in [2.24, 2.45) is 5.73 Å². The van der Waals surface area contributed by atoms with Crippen LogP contribution in [0.25, 0.3) is 0 Å². The van der Waals surface area contributed by atoms with Crippen LogP contribution in [0, 0.1) is 0 Å². The van der Waals surface area contributed by atoms with Crippen LogP contribution in [0.3, 0.4) is 0 Å². The van der Waals surface area contributed by atoms with E-state index in [1.54, 1.807) is 0 Å². The molecule has 0 aliphatic rings. The maximum Gasteiger partial charge on any atom is 1.00 e. The van der Waals surface area contributed by atoms with Gasteiger partial charge in [-0.2, -0.15) is 0 Å². The van der Waals surface area contributed by atoms with Crippen molar-refractivity contribution in [3.8, 4) is 0 Å². The van der Waals surface area contributed by atoms with Crippen molar-refractivity contribution in [2.75, 3.05) is 6.54 Å². The van der Waals surface area contributed by atoms with Crippen LogP contribution >= 0.6 is 0 Å². The van der Waals surface area contributed by atoms with Crippen LogP contribution in [-0.4, -0.2) is 6.54 Å². The summed E-state index contributed by atoms with van der Waals surface area (Å²) in [5, 5.41) is 0. The topological polar surface area (TPSA) is 26.0 Å². The van der Waals surface area contributed by atoms with Gasteiger partial charge in [-0.1, -0.05) is 6.92 Å². The molecular formula is C3H10NNa. The maximum atomic E-state index is 5.03. The van der Waals surface area contributed by atoms with E-state index in [-0.39, 0.29) is 31.0 Å². The first-order valence-electron chi connectivity index (χ1n) is 1.62. The molecule has 0 atom stereocenters. The first kappa shape index (κ1) is 9.35. The summed E-state index contributed by atoms with van der Waals surface area (Å²) in [5.41, 5.74) is 5.03. The van der Waals surface area contributed by atoms with Gasteiger partial charge in [-0.25, -0.2) is 0 Å². The van der Waals surface area contributed by atoms with E-state index in [9.17, 15) is 0 Å². The zero-order valence-corrected chi connectivity index (χ0v) is 5.99. The summed E-state index contributed by atoms with van der Waals surface area (Å²) in [7, 11) is 0. The summed E-state index contributed by atoms with van der Waals surface area (Å²) >= 11 is 0. The van der Waals surface area contributed by atoms with E-state index in [1.807, 2.05) is 0 Å². The van der Waals surface area contributed by atoms with Crippen LogP contribution in [0.5, 0.6) is 0 Å². The summed E-state index contributed by atoms with van der Waals surface area (Å²) in [6, 6.07) is 0. The van der Waals surface area contributed by atoms with E-state index in [4.69, 9.17) is 5.73 Å². The molecule has 0 rings (SSSR count). The number of nitrogens with two attached hydrogens (primary N) is 1. The zero-order valence-electron chi connectivity index (χ0n) is 4.99. The van der Waals surface area contributed by atoms with Gasteiger partial charge in [0.25, 0.3) is 0 Å². The molecular weight excluding hydrogens is 73.0 g/mol. The van der Waals surface area contributed by atoms with Gasteiger partial charge in [-0.05, 0) is 13.0 Å². The van der Waals surface area contributed by atoms with E-state index < -0.39 is 0 Å². The Balaban J connectivity index is -0.0000000450. The second-order valence-corrected chi connectivity index (χ2v) is 0.789. The van der Waals surface area contributed by atoms with E-state index in [2.05, 4.69) is 6.92 Å². The fourth-order valence-electron chi connectivity index (χ4n) is 0. The van der Waals surface area contributed by atoms with Crippen molar-refractivity contribution in [3.05, 3.63) is 0 Å². The predicted molar refractivity (Wildman–Crippen MR) is 20.5 cm³/mol. The molecule has 0 fully saturated rings. The Morgan fingerprint density at radius 3 is 2.00 bits per heavy atom. The Hall–Kier alpha value is 0.960. The molecule has 0 radical (unpaired) electrons. The van der Waals surface area contributed by atoms with Crippen LogP contribution in [0.1, 0.15) is 14.8 Å². The van der Waals surface area contributed by atoms with Gasteiger partial charge in [0.05, 0.1) is 0 Å². The van der Waals surface area contributed by atoms with Gasteiger partial charge >= 0.3 is 29.6 Å². The minimum atomic E-state index is 0. The molecule has 0 unspecified atom stereocenters. The maximum absolute atomic E-state index is 5.03. The zero-order chi connectivity index (χ0) is 3.41. The summed E-state index contributed by atoms with van der Waals surface area (Å²) in [4.78, 5) is 0. The molecule has 5 heavy (non-hydrogen) atoms. The van der Waals surface area contributed by atoms with Crippen LogP contribution in [0.4, 0.5) is 0 Å². The Morgan fingerprint density at radius 2 is 2.00 bits per heavy atom. The minimum Gasteiger partial charge on any atom is -1.00 e. The largest absolute Gasteiger partial charge is 1.00 e. The van der Waals surface area contributed by atoms with E-state index in [0.29, 0.717) is 0 Å². The van der Waals surface area contributed by atoms with Crippen molar-refractivity contribution >= 4 is 0 Å². The van der Waals surface area contributed by atoms with Crippen LogP contribution in [0.15, 0.2) is 0 Å². The van der Waals surface area contributed by atoms with Gasteiger partial charge in [0.15, 0.2) is 0 Å². The fourth-order valence-corrected chi connectivity index (χ4v) is 0. The van der Waals surface area contributed by atoms with E-state index in [0.717, 1.165) is 13.0 Å². The molecule has 1 nitrogen and oxygen atoms in total. The predicted octanol–water partition coefficient (Wildman–Crippen LogP) is -2.53. The van der Waals surface area contributed by atoms with Crippen molar-refractivity contribution in [1.29, 1.82) is 0 Å². The molecule has 2 heteroatoms. The third-order valence-corrected chi connectivity index (χ3v) is 0.289. The summed E-state index contributed by atoms with van der Waals surface area (Å²) < 4.78 is 0. The summed E-state index contributed by atoms with van der Waals surface area (Å²) in [5.74, 6) is 0. The summed E-state index contributed by atoms with van der Waals surface area (Å²) in [6.45, 7) is 2.88. The van der Waals surface area contributed by atoms with Gasteiger partial charge in [-0.15, -0.1) is 0 Å². The molecule has 0 heterocycles. The first-order chi connectivity index (χ1) is 1.91. The second kappa shape index (κ2) is 8.88. The monoisotopic (exact) mass is 83.1 g/mol. The van der Waals surface area contributed by atoms with Crippen molar-refractivity contribution in [2.45, 2.75) is 13.3 Å². The number of hydrogen-bond donors (Lipinski definition) is 1. The van der Waals surface area contributed by atoms with E-state index in [1.165, 1.54) is 0 Å². The average Bonchev–Trinajstić information content (AvgIpc) is 1.37. The molecule has 28 valence electrons. The molecule has 0 aromatic rings. The SMILES string of the molecule is CCCN.[H-].[Na+]. The normalized spacial score (nSPS) is 6.00. The first-order valence-corrected chi connectivity index (χ1v) is 1.62. The molecule has 0 aromatic carbocycles. The van der Waals surface area contributed by atoms with Gasteiger partial charge in [0.1, 0.15) is 0 Å². The van der Waals surface area contributed by atoms with E-state index >= 15 is 0 Å². The van der Waals surface area contributed by atoms with Gasteiger partial charge in [-0.3, -0.25) is 0 Å². The molecule has 0 amide bonds. The fraction of sp³-hybridized carbons (Fsp3) is 1.00. The third kappa shape index (κ3) is 11.3. The summed E-state index contributed by atoms with van der Waals surface area (Å²) in [6.07, 6.45) is 1.10. The smallest absolute Gasteiger partial charge is 1.00 e. The molecule has 0 spiro atoms. The van der Waals surface area contributed by atoms with Crippen LogP contribution in [-0.2, 0) is 0 Å². The van der Waals surface area contributed by atoms with Crippen LogP contribution in [0.2, 0.25) is 0 Å². The van der Waals surface area contributed by atoms with Gasteiger partial charge in [0, 0.05) is 0 Å². The second-order valence-electron chi connectivity index (χ2n) is 0.789.